The van der Waals surface area contributed by atoms with E-state index >= 15 is 0 Å². The molecule has 1 aliphatic rings. The highest BCUT2D eigenvalue weighted by Crippen LogP contribution is 2.37. The van der Waals surface area contributed by atoms with Gasteiger partial charge < -0.3 is 20.8 Å². The summed E-state index contributed by atoms with van der Waals surface area (Å²) in [4.78, 5) is 15.6. The number of pyridine rings is 1. The highest BCUT2D eigenvalue weighted by atomic mass is 16.3. The second kappa shape index (κ2) is 6.66. The molecule has 7 nitrogen and oxygen atoms in total. The minimum absolute atomic E-state index is 0.221. The number of aryl methyl sites for hydroxylation is 1. The van der Waals surface area contributed by atoms with E-state index in [1.54, 1.807) is 6.07 Å². The summed E-state index contributed by atoms with van der Waals surface area (Å²) in [6, 6.07) is 5.48. The Kier molecular flexibility index (Phi) is 4.31. The van der Waals surface area contributed by atoms with Gasteiger partial charge in [-0.1, -0.05) is 6.07 Å². The molecule has 0 atom stereocenters. The Morgan fingerprint density at radius 2 is 1.89 bits per heavy atom. The highest BCUT2D eigenvalue weighted by Gasteiger charge is 2.22. The molecular formula is C20H23N5O2. The molecule has 0 aliphatic carbocycles. The van der Waals surface area contributed by atoms with Crippen molar-refractivity contribution in [3.05, 3.63) is 35.7 Å². The molecule has 140 valence electrons. The molecule has 0 radical (unpaired) electrons. The molecule has 2 aromatic heterocycles. The maximum absolute atomic E-state index is 10.2. The molecule has 1 saturated heterocycles. The van der Waals surface area contributed by atoms with Crippen molar-refractivity contribution >= 4 is 22.5 Å². The van der Waals surface area contributed by atoms with Gasteiger partial charge in [-0.3, -0.25) is 0 Å². The molecule has 4 rings (SSSR count). The zero-order chi connectivity index (χ0) is 19.1. The first-order valence-electron chi connectivity index (χ1n) is 9.09. The third-order valence-corrected chi connectivity index (χ3v) is 5.31. The van der Waals surface area contributed by atoms with Crippen LogP contribution in [-0.4, -0.2) is 44.4 Å². The van der Waals surface area contributed by atoms with E-state index in [0.717, 1.165) is 41.0 Å². The topological polar surface area (TPSA) is 108 Å². The molecule has 1 aliphatic heterocycles. The van der Waals surface area contributed by atoms with Crippen LogP contribution in [0.25, 0.3) is 22.2 Å². The SMILES string of the molecule is Cc1ccc(O)c(C)c1-c1nc(N2CCC(O)CC2)cc2c(N)ncnc12. The fourth-order valence-electron chi connectivity index (χ4n) is 3.70. The minimum atomic E-state index is -0.259. The summed E-state index contributed by atoms with van der Waals surface area (Å²) >= 11 is 0. The van der Waals surface area contributed by atoms with E-state index < -0.39 is 0 Å². The Labute approximate surface area is 157 Å². The summed E-state index contributed by atoms with van der Waals surface area (Å²) in [6.07, 6.45) is 2.60. The number of phenolic OH excluding ortho intramolecular Hbond substituents is 1. The fourth-order valence-corrected chi connectivity index (χ4v) is 3.70. The number of piperidine rings is 1. The molecule has 1 fully saturated rings. The predicted molar refractivity (Wildman–Crippen MR) is 106 cm³/mol. The van der Waals surface area contributed by atoms with E-state index in [4.69, 9.17) is 10.7 Å². The van der Waals surface area contributed by atoms with Crippen molar-refractivity contribution in [2.45, 2.75) is 32.8 Å². The average Bonchev–Trinajstić information content (AvgIpc) is 2.66. The van der Waals surface area contributed by atoms with Crippen LogP contribution in [0, 0.1) is 13.8 Å². The van der Waals surface area contributed by atoms with E-state index in [1.165, 1.54) is 6.33 Å². The number of hydrogen-bond donors (Lipinski definition) is 3. The molecule has 7 heteroatoms. The molecule has 0 spiro atoms. The number of phenols is 1. The van der Waals surface area contributed by atoms with Gasteiger partial charge in [-0.15, -0.1) is 0 Å². The average molecular weight is 365 g/mol. The number of aromatic nitrogens is 3. The van der Waals surface area contributed by atoms with Crippen molar-refractivity contribution in [2.24, 2.45) is 0 Å². The maximum atomic E-state index is 10.2. The lowest BCUT2D eigenvalue weighted by molar-refractivity contribution is 0.145. The van der Waals surface area contributed by atoms with Crippen LogP contribution in [0.15, 0.2) is 24.5 Å². The van der Waals surface area contributed by atoms with Crippen LogP contribution in [0.2, 0.25) is 0 Å². The van der Waals surface area contributed by atoms with Gasteiger partial charge in [0.25, 0.3) is 0 Å². The van der Waals surface area contributed by atoms with Gasteiger partial charge in [-0.2, -0.15) is 0 Å². The summed E-state index contributed by atoms with van der Waals surface area (Å²) in [6.45, 7) is 5.32. The standard InChI is InChI=1S/C20H23N5O2/c1-11-3-4-15(27)12(2)17(11)19-18-14(20(21)23-10-22-18)9-16(24-19)25-7-5-13(26)6-8-25/h3-4,9-10,13,26-27H,5-8H2,1-2H3,(H2,21,22,23). The van der Waals surface area contributed by atoms with E-state index in [2.05, 4.69) is 14.9 Å². The molecule has 0 amide bonds. The van der Waals surface area contributed by atoms with E-state index in [-0.39, 0.29) is 11.9 Å². The number of benzene rings is 1. The van der Waals surface area contributed by atoms with Crippen molar-refractivity contribution in [1.82, 2.24) is 15.0 Å². The Morgan fingerprint density at radius 1 is 1.15 bits per heavy atom. The van der Waals surface area contributed by atoms with Gasteiger partial charge in [0.05, 0.1) is 11.8 Å². The van der Waals surface area contributed by atoms with Crippen LogP contribution >= 0.6 is 0 Å². The van der Waals surface area contributed by atoms with Crippen LogP contribution in [0.5, 0.6) is 5.75 Å². The van der Waals surface area contributed by atoms with Gasteiger partial charge >= 0.3 is 0 Å². The first-order valence-corrected chi connectivity index (χ1v) is 9.09. The number of fused-ring (bicyclic) bond motifs is 1. The molecule has 3 heterocycles. The summed E-state index contributed by atoms with van der Waals surface area (Å²) in [7, 11) is 0. The van der Waals surface area contributed by atoms with Gasteiger partial charge in [-0.25, -0.2) is 15.0 Å². The number of anilines is 2. The zero-order valence-corrected chi connectivity index (χ0v) is 15.5. The summed E-state index contributed by atoms with van der Waals surface area (Å²) in [5, 5.41) is 20.8. The van der Waals surface area contributed by atoms with Crippen molar-refractivity contribution in [3.8, 4) is 17.0 Å². The minimum Gasteiger partial charge on any atom is -0.508 e. The molecule has 0 bridgehead atoms. The summed E-state index contributed by atoms with van der Waals surface area (Å²) < 4.78 is 0. The lowest BCUT2D eigenvalue weighted by Crippen LogP contribution is -2.36. The highest BCUT2D eigenvalue weighted by molar-refractivity contribution is 5.99. The quantitative estimate of drug-likeness (QED) is 0.640. The van der Waals surface area contributed by atoms with E-state index in [1.807, 2.05) is 26.0 Å². The third-order valence-electron chi connectivity index (χ3n) is 5.31. The van der Waals surface area contributed by atoms with Crippen LogP contribution in [0.4, 0.5) is 11.6 Å². The van der Waals surface area contributed by atoms with Crippen molar-refractivity contribution in [2.75, 3.05) is 23.7 Å². The van der Waals surface area contributed by atoms with Gasteiger partial charge in [0.15, 0.2) is 0 Å². The molecule has 3 aromatic rings. The number of aliphatic hydroxyl groups excluding tert-OH is 1. The number of hydrogen-bond acceptors (Lipinski definition) is 7. The van der Waals surface area contributed by atoms with Gasteiger partial charge in [0, 0.05) is 29.6 Å². The molecular weight excluding hydrogens is 342 g/mol. The van der Waals surface area contributed by atoms with Gasteiger partial charge in [0.1, 0.15) is 29.2 Å². The van der Waals surface area contributed by atoms with Crippen LogP contribution in [0.1, 0.15) is 24.0 Å². The Hall–Kier alpha value is -2.93. The second-order valence-electron chi connectivity index (χ2n) is 7.10. The second-order valence-corrected chi connectivity index (χ2v) is 7.10. The number of rotatable bonds is 2. The van der Waals surface area contributed by atoms with Crippen LogP contribution in [-0.2, 0) is 0 Å². The van der Waals surface area contributed by atoms with E-state index in [0.29, 0.717) is 29.9 Å². The molecule has 27 heavy (non-hydrogen) atoms. The molecule has 0 unspecified atom stereocenters. The van der Waals surface area contributed by atoms with Gasteiger partial charge in [-0.05, 0) is 44.4 Å². The van der Waals surface area contributed by atoms with Gasteiger partial charge in [0.2, 0.25) is 0 Å². The van der Waals surface area contributed by atoms with Crippen molar-refractivity contribution < 1.29 is 10.2 Å². The van der Waals surface area contributed by atoms with Crippen molar-refractivity contribution in [3.63, 3.8) is 0 Å². The molecule has 4 N–H and O–H groups in total. The first kappa shape index (κ1) is 17.5. The first-order chi connectivity index (χ1) is 13.0. The van der Waals surface area contributed by atoms with Crippen LogP contribution < -0.4 is 10.6 Å². The monoisotopic (exact) mass is 365 g/mol. The summed E-state index contributed by atoms with van der Waals surface area (Å²) in [5.74, 6) is 1.41. The Balaban J connectivity index is 1.97. The Morgan fingerprint density at radius 3 is 2.63 bits per heavy atom. The lowest BCUT2D eigenvalue weighted by atomic mass is 9.97. The number of nitrogens with zero attached hydrogens (tertiary/aromatic N) is 4. The van der Waals surface area contributed by atoms with E-state index in [9.17, 15) is 10.2 Å². The predicted octanol–water partition coefficient (Wildman–Crippen LogP) is 2.56. The largest absolute Gasteiger partial charge is 0.508 e. The third kappa shape index (κ3) is 3.04. The normalized spacial score (nSPS) is 15.4. The molecule has 0 saturated carbocycles. The zero-order valence-electron chi connectivity index (χ0n) is 15.5. The maximum Gasteiger partial charge on any atom is 0.134 e. The number of aliphatic hydroxyl groups is 1. The lowest BCUT2D eigenvalue weighted by Gasteiger charge is -2.31. The van der Waals surface area contributed by atoms with Crippen molar-refractivity contribution in [1.29, 1.82) is 0 Å². The number of nitrogen functional groups attached to an aromatic ring is 1. The number of nitrogens with two attached hydrogens (primary N) is 1. The Bertz CT molecular complexity index is 1010. The number of aromatic hydroxyl groups is 1. The van der Waals surface area contributed by atoms with Crippen LogP contribution in [0.3, 0.4) is 0 Å². The fraction of sp³-hybridized carbons (Fsp3) is 0.350. The smallest absolute Gasteiger partial charge is 0.134 e. The molecule has 1 aromatic carbocycles. The summed E-state index contributed by atoms with van der Waals surface area (Å²) in [5.41, 5.74) is 10.1.